The zero-order chi connectivity index (χ0) is 41.6. The molecule has 0 heterocycles. The minimum atomic E-state index is 0.939. The van der Waals surface area contributed by atoms with Gasteiger partial charge in [0.15, 0.2) is 0 Å². The summed E-state index contributed by atoms with van der Waals surface area (Å²) in [6, 6.07) is 57.2. The van der Waals surface area contributed by atoms with Crippen LogP contribution in [0, 0.1) is 41.5 Å². The van der Waals surface area contributed by atoms with E-state index >= 15 is 0 Å². The second kappa shape index (κ2) is 17.9. The van der Waals surface area contributed by atoms with Crippen molar-refractivity contribution in [2.75, 3.05) is 9.80 Å². The van der Waals surface area contributed by atoms with Crippen molar-refractivity contribution in [1.29, 1.82) is 0 Å². The Bertz CT molecular complexity index is 2670. The Balaban J connectivity index is 1.09. The van der Waals surface area contributed by atoms with Crippen LogP contribution < -0.4 is 9.80 Å². The van der Waals surface area contributed by atoms with Crippen LogP contribution in [0.5, 0.6) is 0 Å². The van der Waals surface area contributed by atoms with Crippen LogP contribution in [0.4, 0.5) is 28.4 Å². The van der Waals surface area contributed by atoms with Gasteiger partial charge >= 0.3 is 0 Å². The van der Waals surface area contributed by atoms with E-state index in [0.717, 1.165) is 24.2 Å². The fourth-order valence-corrected chi connectivity index (χ4v) is 8.76. The Hall–Kier alpha value is -6.90. The van der Waals surface area contributed by atoms with Crippen LogP contribution in [0.3, 0.4) is 0 Å². The van der Waals surface area contributed by atoms with Crippen molar-refractivity contribution in [1.82, 2.24) is 0 Å². The third kappa shape index (κ3) is 9.04. The van der Waals surface area contributed by atoms with E-state index in [1.807, 2.05) is 0 Å². The number of hydrogen-bond donors (Lipinski definition) is 0. The van der Waals surface area contributed by atoms with Crippen molar-refractivity contribution in [3.63, 3.8) is 0 Å². The molecule has 0 fully saturated rings. The molecule has 8 rings (SSSR count). The fourth-order valence-electron chi connectivity index (χ4n) is 8.76. The first-order valence-electron chi connectivity index (χ1n) is 21.1. The number of anilines is 5. The Morgan fingerprint density at radius 2 is 0.733 bits per heavy atom. The number of benzene rings is 7. The molecule has 1 aliphatic rings. The molecule has 0 radical (unpaired) electrons. The van der Waals surface area contributed by atoms with Gasteiger partial charge in [-0.1, -0.05) is 163 Å². The highest BCUT2D eigenvalue weighted by atomic mass is 15.2. The van der Waals surface area contributed by atoms with E-state index in [1.54, 1.807) is 0 Å². The number of nitrogens with zero attached hydrogens (tertiary/aromatic N) is 2. The summed E-state index contributed by atoms with van der Waals surface area (Å²) in [5.41, 5.74) is 22.3. The van der Waals surface area contributed by atoms with Crippen LogP contribution in [0.2, 0.25) is 0 Å². The van der Waals surface area contributed by atoms with Crippen molar-refractivity contribution < 1.29 is 0 Å². The quantitative estimate of drug-likeness (QED) is 0.121. The lowest BCUT2D eigenvalue weighted by Gasteiger charge is -2.33. The smallest absolute Gasteiger partial charge is 0.0520 e. The monoisotopic (exact) mass is 778 g/mol. The molecule has 0 saturated heterocycles. The molecule has 0 spiro atoms. The average molecular weight is 779 g/mol. The number of rotatable bonds is 11. The standard InChI is InChI=1S/C58H54N2/c1-41-37-43(3)57(44(4)38-41)59(53-29-21-49(22-30-53)19-17-47-13-9-7-10-14-47)55-33-25-51(26-34-55)52-27-35-56(36-28-52)60(58-45(5)39-42(2)40-46(58)6)54-31-23-50(24-32-54)20-18-48-15-11-8-12-16-48/h7-27,29-35,37-40H,28,36H2,1-6H3/b19-17+,20-18+. The van der Waals surface area contributed by atoms with E-state index in [9.17, 15) is 0 Å². The van der Waals surface area contributed by atoms with Gasteiger partial charge in [-0.15, -0.1) is 0 Å². The number of allylic oxidation sites excluding steroid dienone is 4. The zero-order valence-corrected chi connectivity index (χ0v) is 35.8. The van der Waals surface area contributed by atoms with Crippen LogP contribution in [0.15, 0.2) is 176 Å². The molecule has 1 aliphatic carbocycles. The number of aryl methyl sites for hydroxylation is 6. The van der Waals surface area contributed by atoms with Gasteiger partial charge in [-0.2, -0.15) is 0 Å². The molecule has 0 atom stereocenters. The summed E-state index contributed by atoms with van der Waals surface area (Å²) < 4.78 is 0. The van der Waals surface area contributed by atoms with Gasteiger partial charge in [-0.3, -0.25) is 0 Å². The second-order valence-electron chi connectivity index (χ2n) is 16.2. The largest absolute Gasteiger partial charge is 0.314 e. The van der Waals surface area contributed by atoms with Gasteiger partial charge < -0.3 is 9.80 Å². The molecule has 0 saturated carbocycles. The van der Waals surface area contributed by atoms with E-state index < -0.39 is 0 Å². The Kier molecular flexibility index (Phi) is 11.9. The van der Waals surface area contributed by atoms with Crippen LogP contribution in [-0.2, 0) is 0 Å². The van der Waals surface area contributed by atoms with Gasteiger partial charge in [-0.25, -0.2) is 0 Å². The Labute approximate surface area is 357 Å². The maximum atomic E-state index is 2.48. The van der Waals surface area contributed by atoms with Crippen molar-refractivity contribution in [3.05, 3.63) is 237 Å². The molecule has 0 bridgehead atoms. The van der Waals surface area contributed by atoms with E-state index in [1.165, 1.54) is 89.5 Å². The van der Waals surface area contributed by atoms with Crippen LogP contribution in [-0.4, -0.2) is 0 Å². The molecule has 7 aromatic rings. The topological polar surface area (TPSA) is 6.48 Å². The predicted octanol–water partition coefficient (Wildman–Crippen LogP) is 16.2. The predicted molar refractivity (Wildman–Crippen MR) is 261 cm³/mol. The molecule has 0 N–H and O–H groups in total. The summed E-state index contributed by atoms with van der Waals surface area (Å²) >= 11 is 0. The van der Waals surface area contributed by atoms with Gasteiger partial charge in [0.2, 0.25) is 0 Å². The first-order chi connectivity index (χ1) is 29.2. The minimum Gasteiger partial charge on any atom is -0.314 e. The number of hydrogen-bond acceptors (Lipinski definition) is 2. The third-order valence-electron chi connectivity index (χ3n) is 11.5. The van der Waals surface area contributed by atoms with Crippen molar-refractivity contribution in [2.24, 2.45) is 0 Å². The molecule has 2 nitrogen and oxygen atoms in total. The molecule has 60 heavy (non-hydrogen) atoms. The maximum Gasteiger partial charge on any atom is 0.0520 e. The van der Waals surface area contributed by atoms with E-state index in [0.29, 0.717) is 0 Å². The van der Waals surface area contributed by atoms with Gasteiger partial charge in [0.1, 0.15) is 0 Å². The van der Waals surface area contributed by atoms with E-state index in [-0.39, 0.29) is 0 Å². The van der Waals surface area contributed by atoms with Crippen molar-refractivity contribution >= 4 is 58.3 Å². The van der Waals surface area contributed by atoms with Crippen LogP contribution in [0.1, 0.15) is 74.0 Å². The second-order valence-corrected chi connectivity index (χ2v) is 16.2. The average Bonchev–Trinajstić information content (AvgIpc) is 3.26. The van der Waals surface area contributed by atoms with Crippen molar-refractivity contribution in [2.45, 2.75) is 54.4 Å². The highest BCUT2D eigenvalue weighted by Gasteiger charge is 2.22. The van der Waals surface area contributed by atoms with Gasteiger partial charge in [0.25, 0.3) is 0 Å². The summed E-state index contributed by atoms with van der Waals surface area (Å²) in [7, 11) is 0. The Morgan fingerprint density at radius 1 is 0.367 bits per heavy atom. The summed E-state index contributed by atoms with van der Waals surface area (Å²) in [6.07, 6.45) is 15.3. The molecule has 0 amide bonds. The molecule has 2 heteroatoms. The molecule has 0 aromatic heterocycles. The third-order valence-corrected chi connectivity index (χ3v) is 11.5. The van der Waals surface area contributed by atoms with Gasteiger partial charge in [0, 0.05) is 22.8 Å². The van der Waals surface area contributed by atoms with E-state index in [4.69, 9.17) is 0 Å². The molecular formula is C58H54N2. The summed E-state index contributed by atoms with van der Waals surface area (Å²) in [5.74, 6) is 0. The van der Waals surface area contributed by atoms with E-state index in [2.05, 4.69) is 246 Å². The molecule has 0 aliphatic heterocycles. The highest BCUT2D eigenvalue weighted by Crippen LogP contribution is 2.42. The lowest BCUT2D eigenvalue weighted by atomic mass is 9.93. The van der Waals surface area contributed by atoms with Gasteiger partial charge in [-0.05, 0) is 153 Å². The SMILES string of the molecule is Cc1cc(C)c(N(C2=CC=C(c3ccc(N(c4ccc(/C=C/c5ccccc5)cc4)c4c(C)cc(C)cc4C)cc3)CC2)c2ccc(/C=C/c3ccccc3)cc2)c(C)c1. The zero-order valence-electron chi connectivity index (χ0n) is 35.8. The molecular weight excluding hydrogens is 725 g/mol. The van der Waals surface area contributed by atoms with Crippen LogP contribution in [0.25, 0.3) is 29.9 Å². The summed E-state index contributed by atoms with van der Waals surface area (Å²) in [5, 5.41) is 0. The maximum absolute atomic E-state index is 2.48. The van der Waals surface area contributed by atoms with Crippen molar-refractivity contribution in [3.8, 4) is 0 Å². The summed E-state index contributed by atoms with van der Waals surface area (Å²) in [6.45, 7) is 13.3. The molecule has 7 aromatic carbocycles. The lowest BCUT2D eigenvalue weighted by molar-refractivity contribution is 0.924. The summed E-state index contributed by atoms with van der Waals surface area (Å²) in [4.78, 5) is 4.90. The normalized spacial score (nSPS) is 12.8. The Morgan fingerprint density at radius 3 is 1.13 bits per heavy atom. The minimum absolute atomic E-state index is 0.939. The molecule has 0 unspecified atom stereocenters. The van der Waals surface area contributed by atoms with Crippen LogP contribution >= 0.6 is 0 Å². The lowest BCUT2D eigenvalue weighted by Crippen LogP contribution is -2.20. The fraction of sp³-hybridized carbons (Fsp3) is 0.138. The first kappa shape index (κ1) is 39.9. The highest BCUT2D eigenvalue weighted by molar-refractivity contribution is 5.83. The molecule has 296 valence electrons. The first-order valence-corrected chi connectivity index (χ1v) is 21.1. The van der Waals surface area contributed by atoms with Gasteiger partial charge in [0.05, 0.1) is 11.4 Å².